The van der Waals surface area contributed by atoms with Gasteiger partial charge in [0.1, 0.15) is 0 Å². The number of nitrogens with one attached hydrogen (secondary N) is 2. The van der Waals surface area contributed by atoms with Gasteiger partial charge in [0.15, 0.2) is 0 Å². The van der Waals surface area contributed by atoms with Crippen LogP contribution in [0.3, 0.4) is 0 Å². The molecule has 7 nitrogen and oxygen atoms in total. The molecule has 0 radical (unpaired) electrons. The molecule has 0 fully saturated rings. The Morgan fingerprint density at radius 1 is 0.795 bits per heavy atom. The molecule has 8 heteroatoms. The van der Waals surface area contributed by atoms with Crippen LogP contribution in [0.5, 0.6) is 0 Å². The minimum Gasteiger partial charge on any atom is -0.462 e. The lowest BCUT2D eigenvalue weighted by atomic mass is 10.0. The van der Waals surface area contributed by atoms with Crippen LogP contribution in [0.4, 0.5) is 5.69 Å². The molecule has 2 amide bonds. The van der Waals surface area contributed by atoms with Gasteiger partial charge in [0.05, 0.1) is 30.0 Å². The molecule has 0 spiro atoms. The standard InChI is InChI=1S/C31H25N3O4S/c1-2-38-31(37)22-14-12-21(13-15-22)29-24-10-6-7-11-26(24)39-27-17-16-23(19-25(27)32-29)30(36)34-33-28(35)18-20-8-4-3-5-9-20/h3-17,19H,2,18H2,1H3,(H,33,35)(H,34,36). The quantitative estimate of drug-likeness (QED) is 0.221. The fourth-order valence-corrected chi connectivity index (χ4v) is 5.11. The highest BCUT2D eigenvalue weighted by molar-refractivity contribution is 7.99. The number of carbonyl (C=O) groups is 3. The predicted octanol–water partition coefficient (Wildman–Crippen LogP) is 5.50. The Hall–Kier alpha value is -4.69. The lowest BCUT2D eigenvalue weighted by molar-refractivity contribution is -0.121. The number of rotatable bonds is 6. The number of hydrogen-bond acceptors (Lipinski definition) is 6. The monoisotopic (exact) mass is 535 g/mol. The fourth-order valence-electron chi connectivity index (χ4n) is 4.11. The zero-order valence-corrected chi connectivity index (χ0v) is 22.0. The summed E-state index contributed by atoms with van der Waals surface area (Å²) < 4.78 is 5.10. The van der Waals surface area contributed by atoms with Crippen molar-refractivity contribution in [1.29, 1.82) is 0 Å². The number of hydrogen-bond donors (Lipinski definition) is 2. The Morgan fingerprint density at radius 2 is 1.51 bits per heavy atom. The van der Waals surface area contributed by atoms with Gasteiger partial charge in [-0.05, 0) is 48.9 Å². The molecule has 0 aromatic heterocycles. The van der Waals surface area contributed by atoms with Gasteiger partial charge in [-0.15, -0.1) is 0 Å². The number of ether oxygens (including phenoxy) is 1. The van der Waals surface area contributed by atoms with E-state index in [0.717, 1.165) is 32.2 Å². The molecule has 194 valence electrons. The average Bonchev–Trinajstić information content (AvgIpc) is 3.13. The summed E-state index contributed by atoms with van der Waals surface area (Å²) in [4.78, 5) is 44.1. The van der Waals surface area contributed by atoms with Crippen molar-refractivity contribution >= 4 is 40.9 Å². The Balaban J connectivity index is 1.40. The summed E-state index contributed by atoms with van der Waals surface area (Å²) in [7, 11) is 0. The Bertz CT molecular complexity index is 1570. The molecule has 1 aliphatic heterocycles. The van der Waals surface area contributed by atoms with E-state index >= 15 is 0 Å². The largest absolute Gasteiger partial charge is 0.462 e. The van der Waals surface area contributed by atoms with Crippen molar-refractivity contribution in [3.05, 3.63) is 125 Å². The van der Waals surface area contributed by atoms with E-state index < -0.39 is 5.91 Å². The first-order chi connectivity index (χ1) is 19.0. The number of esters is 1. The summed E-state index contributed by atoms with van der Waals surface area (Å²) in [5.41, 5.74) is 9.77. The number of aliphatic imine (C=N–C) groups is 1. The van der Waals surface area contributed by atoms with E-state index in [4.69, 9.17) is 9.73 Å². The second-order valence-corrected chi connectivity index (χ2v) is 9.79. The summed E-state index contributed by atoms with van der Waals surface area (Å²) in [6, 6.07) is 29.7. The van der Waals surface area contributed by atoms with Gasteiger partial charge in [0, 0.05) is 26.5 Å². The van der Waals surface area contributed by atoms with Crippen LogP contribution in [-0.2, 0) is 16.0 Å². The maximum Gasteiger partial charge on any atom is 0.338 e. The van der Waals surface area contributed by atoms with Gasteiger partial charge in [0.25, 0.3) is 5.91 Å². The maximum absolute atomic E-state index is 12.9. The molecule has 0 bridgehead atoms. The van der Waals surface area contributed by atoms with Gasteiger partial charge in [-0.25, -0.2) is 9.79 Å². The maximum atomic E-state index is 12.9. The summed E-state index contributed by atoms with van der Waals surface area (Å²) in [6.07, 6.45) is 0.156. The minimum absolute atomic E-state index is 0.156. The Labute approximate surface area is 230 Å². The lowest BCUT2D eigenvalue weighted by Crippen LogP contribution is -2.42. The number of benzene rings is 4. The number of fused-ring (bicyclic) bond motifs is 2. The van der Waals surface area contributed by atoms with E-state index in [-0.39, 0.29) is 18.3 Å². The molecule has 4 aromatic carbocycles. The van der Waals surface area contributed by atoms with E-state index in [0.29, 0.717) is 23.4 Å². The average molecular weight is 536 g/mol. The molecule has 1 heterocycles. The van der Waals surface area contributed by atoms with Crippen molar-refractivity contribution in [2.75, 3.05) is 6.61 Å². The molecule has 2 N–H and O–H groups in total. The number of carbonyl (C=O) groups excluding carboxylic acids is 3. The van der Waals surface area contributed by atoms with E-state index in [1.54, 1.807) is 43.0 Å². The summed E-state index contributed by atoms with van der Waals surface area (Å²) in [5.74, 6) is -1.14. The van der Waals surface area contributed by atoms with Gasteiger partial charge in [-0.1, -0.05) is 72.4 Å². The van der Waals surface area contributed by atoms with Gasteiger partial charge in [0.2, 0.25) is 5.91 Å². The molecule has 39 heavy (non-hydrogen) atoms. The smallest absolute Gasteiger partial charge is 0.338 e. The molecule has 0 aliphatic carbocycles. The molecule has 0 saturated heterocycles. The van der Waals surface area contributed by atoms with Gasteiger partial charge in [-0.2, -0.15) is 0 Å². The summed E-state index contributed by atoms with van der Waals surface area (Å²) in [5, 5.41) is 0. The van der Waals surface area contributed by atoms with Crippen LogP contribution in [0.1, 0.15) is 44.3 Å². The highest BCUT2D eigenvalue weighted by atomic mass is 32.2. The second kappa shape index (κ2) is 11.8. The molecule has 4 aromatic rings. The van der Waals surface area contributed by atoms with Crippen molar-refractivity contribution in [3.8, 4) is 0 Å². The van der Waals surface area contributed by atoms with Crippen LogP contribution in [-0.4, -0.2) is 30.1 Å². The predicted molar refractivity (Wildman–Crippen MR) is 150 cm³/mol. The topological polar surface area (TPSA) is 96.9 Å². The zero-order valence-electron chi connectivity index (χ0n) is 21.1. The van der Waals surface area contributed by atoms with E-state index in [1.807, 2.05) is 72.8 Å². The molecular weight excluding hydrogens is 510 g/mol. The summed E-state index contributed by atoms with van der Waals surface area (Å²) >= 11 is 1.57. The first kappa shape index (κ1) is 25.9. The Kier molecular flexibility index (Phi) is 7.84. The van der Waals surface area contributed by atoms with E-state index in [9.17, 15) is 14.4 Å². The molecular formula is C31H25N3O4S. The third kappa shape index (κ3) is 6.08. The number of nitrogens with zero attached hydrogens (tertiary/aromatic N) is 1. The number of amides is 2. The Morgan fingerprint density at radius 3 is 2.28 bits per heavy atom. The molecule has 5 rings (SSSR count). The van der Waals surface area contributed by atoms with Gasteiger partial charge >= 0.3 is 5.97 Å². The third-order valence-corrected chi connectivity index (χ3v) is 7.15. The van der Waals surface area contributed by atoms with Crippen LogP contribution in [0.25, 0.3) is 0 Å². The van der Waals surface area contributed by atoms with E-state index in [1.165, 1.54) is 0 Å². The summed E-state index contributed by atoms with van der Waals surface area (Å²) in [6.45, 7) is 2.08. The van der Waals surface area contributed by atoms with Gasteiger partial charge in [-0.3, -0.25) is 20.4 Å². The van der Waals surface area contributed by atoms with Crippen LogP contribution in [0.15, 0.2) is 112 Å². The third-order valence-electron chi connectivity index (χ3n) is 6.01. The highest BCUT2D eigenvalue weighted by Crippen LogP contribution is 2.41. The van der Waals surface area contributed by atoms with Crippen LogP contribution in [0, 0.1) is 0 Å². The molecule has 0 unspecified atom stereocenters. The van der Waals surface area contributed by atoms with Gasteiger partial charge < -0.3 is 4.74 Å². The van der Waals surface area contributed by atoms with Crippen molar-refractivity contribution in [2.45, 2.75) is 23.1 Å². The zero-order chi connectivity index (χ0) is 27.2. The molecule has 0 atom stereocenters. The lowest BCUT2D eigenvalue weighted by Gasteiger charge is -2.10. The van der Waals surface area contributed by atoms with Crippen LogP contribution in [0.2, 0.25) is 0 Å². The normalized spacial score (nSPS) is 11.8. The van der Waals surface area contributed by atoms with Crippen LogP contribution < -0.4 is 10.9 Å². The fraction of sp³-hybridized carbons (Fsp3) is 0.0968. The van der Waals surface area contributed by atoms with E-state index in [2.05, 4.69) is 10.9 Å². The minimum atomic E-state index is -0.443. The van der Waals surface area contributed by atoms with Crippen molar-refractivity contribution in [1.82, 2.24) is 10.9 Å². The molecule has 0 saturated carbocycles. The van der Waals surface area contributed by atoms with Crippen molar-refractivity contribution in [3.63, 3.8) is 0 Å². The number of hydrazine groups is 1. The highest BCUT2D eigenvalue weighted by Gasteiger charge is 2.20. The SMILES string of the molecule is CCOC(=O)c1ccc(C2=Nc3cc(C(=O)NNC(=O)Cc4ccccc4)ccc3Sc3ccccc32)cc1. The molecule has 1 aliphatic rings. The van der Waals surface area contributed by atoms with Crippen molar-refractivity contribution in [2.24, 2.45) is 4.99 Å². The first-order valence-electron chi connectivity index (χ1n) is 12.4. The van der Waals surface area contributed by atoms with Crippen LogP contribution >= 0.6 is 11.8 Å². The van der Waals surface area contributed by atoms with Crippen molar-refractivity contribution < 1.29 is 19.1 Å². The second-order valence-electron chi connectivity index (χ2n) is 8.70. The first-order valence-corrected chi connectivity index (χ1v) is 13.2.